The van der Waals surface area contributed by atoms with E-state index in [0.29, 0.717) is 0 Å². The van der Waals surface area contributed by atoms with Crippen LogP contribution in [-0.2, 0) is 5.60 Å². The second kappa shape index (κ2) is 5.62. The van der Waals surface area contributed by atoms with Crippen LogP contribution < -0.4 is 0 Å². The van der Waals surface area contributed by atoms with Gasteiger partial charge in [0.25, 0.3) is 0 Å². The highest BCUT2D eigenvalue weighted by Gasteiger charge is 2.46. The Kier molecular flexibility index (Phi) is 3.71. The normalized spacial score (nSPS) is 25.0. The molecule has 1 saturated heterocycles. The maximum atomic E-state index is 13.9. The Morgan fingerprint density at radius 3 is 2.57 bits per heavy atom. The highest BCUT2D eigenvalue weighted by molar-refractivity contribution is 7.99. The molecule has 2 heterocycles. The van der Waals surface area contributed by atoms with E-state index in [9.17, 15) is 9.50 Å². The third-order valence-electron chi connectivity index (χ3n) is 5.18. The van der Waals surface area contributed by atoms with E-state index in [-0.39, 0.29) is 11.7 Å². The molecule has 0 radical (unpaired) electrons. The predicted molar refractivity (Wildman–Crippen MR) is 90.2 cm³/mol. The number of benzene rings is 2. The van der Waals surface area contributed by atoms with Crippen LogP contribution in [0.5, 0.6) is 0 Å². The SMILES string of the molecule is CN1CCC(C2(O)c3ccccc3Sc3ccc(F)cc32)CC1. The molecule has 1 fully saturated rings. The summed E-state index contributed by atoms with van der Waals surface area (Å²) < 4.78 is 13.9. The Labute approximate surface area is 140 Å². The summed E-state index contributed by atoms with van der Waals surface area (Å²) in [5.41, 5.74) is 0.564. The van der Waals surface area contributed by atoms with Crippen LogP contribution in [-0.4, -0.2) is 30.1 Å². The second-order valence-corrected chi connectivity index (χ2v) is 7.67. The third-order valence-corrected chi connectivity index (χ3v) is 6.33. The fraction of sp³-hybridized carbons (Fsp3) is 0.368. The number of rotatable bonds is 1. The van der Waals surface area contributed by atoms with Crippen LogP contribution in [0.3, 0.4) is 0 Å². The lowest BCUT2D eigenvalue weighted by Crippen LogP contribution is -2.44. The molecule has 1 N–H and O–H groups in total. The molecule has 23 heavy (non-hydrogen) atoms. The van der Waals surface area contributed by atoms with Gasteiger partial charge in [-0.15, -0.1) is 0 Å². The van der Waals surface area contributed by atoms with Crippen LogP contribution in [0.25, 0.3) is 0 Å². The van der Waals surface area contributed by atoms with Crippen LogP contribution in [0.2, 0.25) is 0 Å². The molecule has 4 heteroatoms. The van der Waals surface area contributed by atoms with E-state index in [0.717, 1.165) is 46.8 Å². The van der Waals surface area contributed by atoms with Crippen LogP contribution >= 0.6 is 11.8 Å². The van der Waals surface area contributed by atoms with Gasteiger partial charge >= 0.3 is 0 Å². The third kappa shape index (κ3) is 2.40. The zero-order valence-corrected chi connectivity index (χ0v) is 13.9. The first kappa shape index (κ1) is 15.2. The van der Waals surface area contributed by atoms with Crippen molar-refractivity contribution in [1.82, 2.24) is 4.90 Å². The molecule has 0 aliphatic carbocycles. The minimum Gasteiger partial charge on any atom is -0.380 e. The van der Waals surface area contributed by atoms with Gasteiger partial charge in [-0.3, -0.25) is 0 Å². The van der Waals surface area contributed by atoms with Crippen LogP contribution in [0.15, 0.2) is 52.3 Å². The smallest absolute Gasteiger partial charge is 0.123 e. The maximum absolute atomic E-state index is 13.9. The zero-order valence-electron chi connectivity index (χ0n) is 13.1. The van der Waals surface area contributed by atoms with E-state index < -0.39 is 5.60 Å². The first-order chi connectivity index (χ1) is 11.1. The Morgan fingerprint density at radius 2 is 1.78 bits per heavy atom. The molecular weight excluding hydrogens is 309 g/mol. The molecule has 120 valence electrons. The number of likely N-dealkylation sites (tertiary alicyclic amines) is 1. The summed E-state index contributed by atoms with van der Waals surface area (Å²) in [6.07, 6.45) is 1.84. The molecule has 0 amide bonds. The molecule has 1 unspecified atom stereocenters. The molecule has 2 aliphatic heterocycles. The fourth-order valence-corrected chi connectivity index (χ4v) is 5.07. The molecule has 2 aromatic carbocycles. The number of piperidine rings is 1. The highest BCUT2D eigenvalue weighted by Crippen LogP contribution is 2.53. The lowest BCUT2D eigenvalue weighted by molar-refractivity contribution is -0.0161. The monoisotopic (exact) mass is 329 g/mol. The molecule has 0 aromatic heterocycles. The Morgan fingerprint density at radius 1 is 1.09 bits per heavy atom. The maximum Gasteiger partial charge on any atom is 0.123 e. The zero-order chi connectivity index (χ0) is 16.0. The van der Waals surface area contributed by atoms with Gasteiger partial charge in [-0.05, 0) is 63.2 Å². The Hall–Kier alpha value is -1.36. The van der Waals surface area contributed by atoms with Crippen LogP contribution in [0.1, 0.15) is 24.0 Å². The van der Waals surface area contributed by atoms with Gasteiger partial charge in [0.2, 0.25) is 0 Å². The van der Waals surface area contributed by atoms with Crippen molar-refractivity contribution >= 4 is 11.8 Å². The highest BCUT2D eigenvalue weighted by atomic mass is 32.2. The van der Waals surface area contributed by atoms with E-state index in [1.165, 1.54) is 12.1 Å². The minimum atomic E-state index is -1.10. The van der Waals surface area contributed by atoms with E-state index in [1.807, 2.05) is 24.3 Å². The van der Waals surface area contributed by atoms with E-state index in [4.69, 9.17) is 0 Å². The van der Waals surface area contributed by atoms with Crippen molar-refractivity contribution in [3.63, 3.8) is 0 Å². The van der Waals surface area contributed by atoms with Crippen LogP contribution in [0.4, 0.5) is 4.39 Å². The van der Waals surface area contributed by atoms with Crippen LogP contribution in [0, 0.1) is 11.7 Å². The summed E-state index contributed by atoms with van der Waals surface area (Å²) in [7, 11) is 2.11. The van der Waals surface area contributed by atoms with Gasteiger partial charge in [-0.1, -0.05) is 30.0 Å². The van der Waals surface area contributed by atoms with E-state index in [2.05, 4.69) is 11.9 Å². The van der Waals surface area contributed by atoms with Gasteiger partial charge in [-0.25, -0.2) is 4.39 Å². The summed E-state index contributed by atoms with van der Waals surface area (Å²) in [6.45, 7) is 1.93. The van der Waals surface area contributed by atoms with E-state index in [1.54, 1.807) is 17.8 Å². The molecule has 2 aliphatic rings. The number of nitrogens with zero attached hydrogens (tertiary/aromatic N) is 1. The topological polar surface area (TPSA) is 23.5 Å². The summed E-state index contributed by atoms with van der Waals surface area (Å²) in [4.78, 5) is 4.33. The van der Waals surface area contributed by atoms with Crippen molar-refractivity contribution < 1.29 is 9.50 Å². The first-order valence-electron chi connectivity index (χ1n) is 8.07. The van der Waals surface area contributed by atoms with E-state index >= 15 is 0 Å². The lowest BCUT2D eigenvalue weighted by atomic mass is 9.71. The standard InChI is InChI=1S/C19H20FNOS/c1-21-10-8-13(9-11-21)19(22)15-4-2-3-5-17(15)23-18-7-6-14(20)12-16(18)19/h2-7,12-13,22H,8-11H2,1H3. The summed E-state index contributed by atoms with van der Waals surface area (Å²) in [6, 6.07) is 12.8. The number of hydrogen-bond acceptors (Lipinski definition) is 3. The van der Waals surface area contributed by atoms with Gasteiger partial charge in [0.05, 0.1) is 0 Å². The molecule has 2 aromatic rings. The Bertz CT molecular complexity index is 742. The van der Waals surface area contributed by atoms with Gasteiger partial charge in [0, 0.05) is 20.9 Å². The van der Waals surface area contributed by atoms with Gasteiger partial charge < -0.3 is 10.0 Å². The number of aliphatic hydroxyl groups is 1. The van der Waals surface area contributed by atoms with Gasteiger partial charge in [0.15, 0.2) is 0 Å². The molecule has 0 bridgehead atoms. The second-order valence-electron chi connectivity index (χ2n) is 6.58. The molecule has 1 atom stereocenters. The molecule has 2 nitrogen and oxygen atoms in total. The number of halogens is 1. The minimum absolute atomic E-state index is 0.112. The average Bonchev–Trinajstić information content (AvgIpc) is 2.56. The Balaban J connectivity index is 1.88. The molecule has 0 spiro atoms. The summed E-state index contributed by atoms with van der Waals surface area (Å²) in [5, 5.41) is 11.8. The average molecular weight is 329 g/mol. The fourth-order valence-electron chi connectivity index (χ4n) is 3.89. The quantitative estimate of drug-likeness (QED) is 0.859. The number of hydrogen-bond donors (Lipinski definition) is 1. The molecular formula is C19H20FNOS. The van der Waals surface area contributed by atoms with Crippen molar-refractivity contribution in [2.45, 2.75) is 28.2 Å². The van der Waals surface area contributed by atoms with Crippen molar-refractivity contribution in [3.8, 4) is 0 Å². The lowest BCUT2D eigenvalue weighted by Gasteiger charge is -2.44. The van der Waals surface area contributed by atoms with Gasteiger partial charge in [0.1, 0.15) is 11.4 Å². The van der Waals surface area contributed by atoms with Gasteiger partial charge in [-0.2, -0.15) is 0 Å². The predicted octanol–water partition coefficient (Wildman–Crippen LogP) is 3.87. The van der Waals surface area contributed by atoms with Crippen molar-refractivity contribution in [2.24, 2.45) is 5.92 Å². The summed E-state index contributed by atoms with van der Waals surface area (Å²) >= 11 is 1.62. The first-order valence-corrected chi connectivity index (χ1v) is 8.89. The van der Waals surface area contributed by atoms with Crippen molar-refractivity contribution in [1.29, 1.82) is 0 Å². The molecule has 4 rings (SSSR count). The van der Waals surface area contributed by atoms with Crippen molar-refractivity contribution in [3.05, 3.63) is 59.4 Å². The largest absolute Gasteiger partial charge is 0.380 e. The summed E-state index contributed by atoms with van der Waals surface area (Å²) in [5.74, 6) is -0.170. The van der Waals surface area contributed by atoms with Crippen molar-refractivity contribution in [2.75, 3.05) is 20.1 Å². The molecule has 0 saturated carbocycles. The number of fused-ring (bicyclic) bond motifs is 2.